The first-order chi connectivity index (χ1) is 12.4. The van der Waals surface area contributed by atoms with Crippen LogP contribution in [0.4, 0.5) is 0 Å². The van der Waals surface area contributed by atoms with Gasteiger partial charge >= 0.3 is 5.69 Å². The molecular weight excluding hydrogens is 397 g/mol. The fraction of sp³-hybridized carbons (Fsp3) is 0.118. The van der Waals surface area contributed by atoms with Gasteiger partial charge in [0, 0.05) is 4.90 Å². The number of hydrogen-bond acceptors (Lipinski definition) is 5. The summed E-state index contributed by atoms with van der Waals surface area (Å²) < 4.78 is 6.81. The van der Waals surface area contributed by atoms with Crippen LogP contribution >= 0.6 is 35.0 Å². The first kappa shape index (κ1) is 18.6. The second-order valence-corrected chi connectivity index (χ2v) is 6.99. The maximum absolute atomic E-state index is 11.9. The predicted molar refractivity (Wildman–Crippen MR) is 104 cm³/mol. The molecule has 9 heteroatoms. The number of rotatable bonds is 4. The number of thioether (sulfide) groups is 1. The van der Waals surface area contributed by atoms with Crippen molar-refractivity contribution in [2.45, 2.75) is 11.8 Å². The molecule has 0 unspecified atom stereocenters. The zero-order valence-corrected chi connectivity index (χ0v) is 16.1. The topological polar surface area (TPSA) is 77.0 Å². The van der Waals surface area contributed by atoms with Crippen molar-refractivity contribution in [3.8, 4) is 17.2 Å². The largest absolute Gasteiger partial charge is 0.454 e. The molecule has 6 nitrogen and oxygen atoms in total. The fourth-order valence-corrected chi connectivity index (χ4v) is 3.47. The highest BCUT2D eigenvalue weighted by molar-refractivity contribution is 7.98. The van der Waals surface area contributed by atoms with Gasteiger partial charge in [0.15, 0.2) is 5.75 Å². The highest BCUT2D eigenvalue weighted by Gasteiger charge is 2.14. The molecule has 0 saturated heterocycles. The van der Waals surface area contributed by atoms with Gasteiger partial charge in [-0.25, -0.2) is 4.79 Å². The van der Waals surface area contributed by atoms with Gasteiger partial charge in [-0.3, -0.25) is 9.78 Å². The number of halogens is 2. The third-order valence-electron chi connectivity index (χ3n) is 3.53. The third-order valence-corrected chi connectivity index (χ3v) is 4.99. The maximum Gasteiger partial charge on any atom is 0.349 e. The number of H-pyrrole nitrogens is 1. The summed E-state index contributed by atoms with van der Waals surface area (Å²) in [6, 6.07) is 8.64. The van der Waals surface area contributed by atoms with Gasteiger partial charge in [-0.1, -0.05) is 23.2 Å². The van der Waals surface area contributed by atoms with E-state index in [1.807, 2.05) is 31.4 Å². The van der Waals surface area contributed by atoms with Crippen LogP contribution in [0.15, 0.2) is 51.0 Å². The minimum absolute atomic E-state index is 0.207. The Labute approximate surface area is 162 Å². The van der Waals surface area contributed by atoms with Crippen LogP contribution in [0.25, 0.3) is 5.69 Å². The Morgan fingerprint density at radius 1 is 1.15 bits per heavy atom. The Morgan fingerprint density at radius 3 is 2.42 bits per heavy atom. The van der Waals surface area contributed by atoms with Gasteiger partial charge < -0.3 is 4.74 Å². The lowest BCUT2D eigenvalue weighted by Gasteiger charge is -2.13. The number of nitrogens with zero attached hydrogens (tertiary/aromatic N) is 2. The van der Waals surface area contributed by atoms with Crippen molar-refractivity contribution >= 4 is 35.0 Å². The number of benzene rings is 2. The molecule has 0 aliphatic carbocycles. The highest BCUT2D eigenvalue weighted by Crippen LogP contribution is 2.38. The summed E-state index contributed by atoms with van der Waals surface area (Å²) in [6.07, 6.45) is 2.99. The lowest BCUT2D eigenvalue weighted by atomic mass is 10.2. The van der Waals surface area contributed by atoms with Crippen LogP contribution in [-0.2, 0) is 0 Å². The molecular formula is C17H13Cl2N3O3S. The molecule has 0 amide bonds. The number of aromatic amines is 1. The first-order valence-corrected chi connectivity index (χ1v) is 9.37. The van der Waals surface area contributed by atoms with Gasteiger partial charge in [-0.05, 0) is 49.1 Å². The molecule has 3 aromatic rings. The van der Waals surface area contributed by atoms with Gasteiger partial charge in [-0.2, -0.15) is 9.78 Å². The van der Waals surface area contributed by atoms with Crippen LogP contribution < -0.4 is 16.0 Å². The van der Waals surface area contributed by atoms with Gasteiger partial charge in [0.05, 0.1) is 15.7 Å². The Morgan fingerprint density at radius 2 is 1.85 bits per heavy atom. The molecule has 0 spiro atoms. The summed E-state index contributed by atoms with van der Waals surface area (Å²) in [6.45, 7) is 1.99. The van der Waals surface area contributed by atoms with Gasteiger partial charge in [0.1, 0.15) is 11.9 Å². The summed E-state index contributed by atoms with van der Waals surface area (Å²) >= 11 is 14.2. The number of aromatic nitrogens is 3. The zero-order valence-electron chi connectivity index (χ0n) is 13.7. The molecule has 1 heterocycles. The summed E-state index contributed by atoms with van der Waals surface area (Å²) in [5.74, 6) is 0.863. The van der Waals surface area contributed by atoms with Crippen molar-refractivity contribution < 1.29 is 4.74 Å². The summed E-state index contributed by atoms with van der Waals surface area (Å²) in [5, 5.41) is 4.19. The van der Waals surface area contributed by atoms with E-state index in [1.54, 1.807) is 11.8 Å². The summed E-state index contributed by atoms with van der Waals surface area (Å²) in [4.78, 5) is 26.3. The van der Waals surface area contributed by atoms with Gasteiger partial charge in [0.2, 0.25) is 0 Å². The monoisotopic (exact) mass is 409 g/mol. The van der Waals surface area contributed by atoms with Crippen LogP contribution in [-0.4, -0.2) is 21.0 Å². The van der Waals surface area contributed by atoms with Crippen molar-refractivity contribution in [2.75, 3.05) is 6.26 Å². The molecule has 1 N–H and O–H groups in total. The van der Waals surface area contributed by atoms with E-state index in [9.17, 15) is 9.59 Å². The smallest absolute Gasteiger partial charge is 0.349 e. The van der Waals surface area contributed by atoms with E-state index in [-0.39, 0.29) is 15.8 Å². The molecule has 26 heavy (non-hydrogen) atoms. The van der Waals surface area contributed by atoms with E-state index in [1.165, 1.54) is 12.1 Å². The van der Waals surface area contributed by atoms with E-state index in [4.69, 9.17) is 27.9 Å². The Bertz CT molecular complexity index is 1070. The molecule has 0 fully saturated rings. The lowest BCUT2D eigenvalue weighted by Crippen LogP contribution is -2.30. The van der Waals surface area contributed by atoms with E-state index < -0.39 is 11.2 Å². The molecule has 0 saturated carbocycles. The average Bonchev–Trinajstić information content (AvgIpc) is 2.58. The molecule has 134 valence electrons. The standard InChI is InChI=1S/C17H13Cl2N3O3S/c1-9-5-11(3-4-14(9)26-2)25-16-12(18)6-10(7-13(16)19)22-17(24)21-15(23)8-20-22/h3-8H,1-2H3,(H,21,23,24). The molecule has 0 aliphatic heterocycles. The normalized spacial score (nSPS) is 10.8. The lowest BCUT2D eigenvalue weighted by molar-refractivity contribution is 0.482. The SMILES string of the molecule is CSc1ccc(Oc2c(Cl)cc(-n3ncc(=O)[nH]c3=O)cc2Cl)cc1C. The van der Waals surface area contributed by atoms with E-state index >= 15 is 0 Å². The number of nitrogens with one attached hydrogen (secondary N) is 1. The van der Waals surface area contributed by atoms with Gasteiger partial charge in [0.25, 0.3) is 5.56 Å². The van der Waals surface area contributed by atoms with Crippen LogP contribution in [0.5, 0.6) is 11.5 Å². The molecule has 0 radical (unpaired) electrons. The Balaban J connectivity index is 1.99. The minimum atomic E-state index is -0.693. The predicted octanol–water partition coefficient (Wildman–Crippen LogP) is 4.05. The van der Waals surface area contributed by atoms with E-state index in [2.05, 4.69) is 10.1 Å². The number of aryl methyl sites for hydroxylation is 1. The first-order valence-electron chi connectivity index (χ1n) is 7.39. The average molecular weight is 410 g/mol. The Hall–Kier alpha value is -2.22. The van der Waals surface area contributed by atoms with E-state index in [0.29, 0.717) is 11.4 Å². The summed E-state index contributed by atoms with van der Waals surface area (Å²) in [5.41, 5.74) is 0.0967. The number of hydrogen-bond donors (Lipinski definition) is 1. The molecule has 1 aromatic heterocycles. The molecule has 2 aromatic carbocycles. The van der Waals surface area contributed by atoms with Crippen LogP contribution in [0, 0.1) is 6.92 Å². The van der Waals surface area contributed by atoms with E-state index in [0.717, 1.165) is 21.3 Å². The maximum atomic E-state index is 11.9. The molecule has 0 bridgehead atoms. The van der Waals surface area contributed by atoms with Crippen molar-refractivity contribution in [3.63, 3.8) is 0 Å². The fourth-order valence-electron chi connectivity index (χ4n) is 2.34. The van der Waals surface area contributed by atoms with Crippen LogP contribution in [0.2, 0.25) is 10.0 Å². The molecule has 0 aliphatic rings. The molecule has 0 atom stereocenters. The number of ether oxygens (including phenoxy) is 1. The zero-order chi connectivity index (χ0) is 18.8. The quantitative estimate of drug-likeness (QED) is 0.657. The third kappa shape index (κ3) is 3.80. The highest BCUT2D eigenvalue weighted by atomic mass is 35.5. The van der Waals surface area contributed by atoms with Gasteiger partial charge in [-0.15, -0.1) is 11.8 Å². The van der Waals surface area contributed by atoms with Crippen molar-refractivity contribution in [3.05, 3.63) is 73.0 Å². The second kappa shape index (κ2) is 7.57. The van der Waals surface area contributed by atoms with Crippen LogP contribution in [0.1, 0.15) is 5.56 Å². The van der Waals surface area contributed by atoms with Crippen LogP contribution in [0.3, 0.4) is 0 Å². The minimum Gasteiger partial charge on any atom is -0.454 e. The van der Waals surface area contributed by atoms with Crippen molar-refractivity contribution in [1.82, 2.24) is 14.8 Å². The second-order valence-electron chi connectivity index (χ2n) is 5.32. The molecule has 3 rings (SSSR count). The van der Waals surface area contributed by atoms with Crippen molar-refractivity contribution in [1.29, 1.82) is 0 Å². The summed E-state index contributed by atoms with van der Waals surface area (Å²) in [7, 11) is 0. The van der Waals surface area contributed by atoms with Crippen molar-refractivity contribution in [2.24, 2.45) is 0 Å². The Kier molecular flexibility index (Phi) is 5.41.